The van der Waals surface area contributed by atoms with E-state index >= 15 is 0 Å². The van der Waals surface area contributed by atoms with Crippen LogP contribution in [0.15, 0.2) is 35.7 Å². The van der Waals surface area contributed by atoms with E-state index in [0.29, 0.717) is 29.6 Å². The van der Waals surface area contributed by atoms with Gasteiger partial charge in [0.2, 0.25) is 5.16 Å². The zero-order chi connectivity index (χ0) is 30.2. The fraction of sp³-hybridized carbons (Fsp3) is 0.615. The van der Waals surface area contributed by atoms with E-state index in [2.05, 4.69) is 9.72 Å². The molecule has 1 aliphatic carbocycles. The van der Waals surface area contributed by atoms with Crippen molar-refractivity contribution in [3.05, 3.63) is 41.4 Å². The van der Waals surface area contributed by atoms with Crippen LogP contribution in [0.4, 0.5) is 8.78 Å². The molecule has 0 bridgehead atoms. The molecule has 3 heterocycles. The fourth-order valence-electron chi connectivity index (χ4n) is 5.26. The SMILES string of the molecule is Cn1ccnc1S(=O)(=O)N1CCC[C@H]1C(=O)O[C@@H](CC1C(Cl)CN([O-])C1Cl)c1ccc(OC(F)F)c(OCC2CC2)c1. The molecular weight excluding hydrogens is 621 g/mol. The van der Waals surface area contributed by atoms with E-state index in [9.17, 15) is 27.2 Å². The lowest BCUT2D eigenvalue weighted by Crippen LogP contribution is -2.42. The van der Waals surface area contributed by atoms with Gasteiger partial charge < -0.3 is 29.0 Å². The van der Waals surface area contributed by atoms with Crippen LogP contribution in [-0.2, 0) is 26.6 Å². The first-order valence-corrected chi connectivity index (χ1v) is 15.9. The number of nitrogens with zero attached hydrogens (tertiary/aromatic N) is 4. The number of rotatable bonds is 12. The third-order valence-electron chi connectivity index (χ3n) is 7.71. The van der Waals surface area contributed by atoms with Gasteiger partial charge in [0.1, 0.15) is 12.1 Å². The predicted octanol–water partition coefficient (Wildman–Crippen LogP) is 4.24. The van der Waals surface area contributed by atoms with Gasteiger partial charge in [-0.3, -0.25) is 4.79 Å². The summed E-state index contributed by atoms with van der Waals surface area (Å²) < 4.78 is 71.7. The molecule has 16 heteroatoms. The summed E-state index contributed by atoms with van der Waals surface area (Å²) in [6.07, 6.45) is 4.37. The van der Waals surface area contributed by atoms with Crippen molar-refractivity contribution in [2.75, 3.05) is 19.7 Å². The van der Waals surface area contributed by atoms with Crippen molar-refractivity contribution in [3.8, 4) is 11.5 Å². The molecule has 5 atom stereocenters. The van der Waals surface area contributed by atoms with Gasteiger partial charge in [0.25, 0.3) is 10.0 Å². The number of halogens is 4. The van der Waals surface area contributed by atoms with Crippen LogP contribution in [0.3, 0.4) is 0 Å². The van der Waals surface area contributed by atoms with Gasteiger partial charge in [-0.1, -0.05) is 6.07 Å². The number of hydrogen-bond donors (Lipinski definition) is 0. The number of carbonyl (C=O) groups excluding carboxylic acids is 1. The maximum atomic E-state index is 13.6. The van der Waals surface area contributed by atoms with E-state index < -0.39 is 51.5 Å². The van der Waals surface area contributed by atoms with Gasteiger partial charge in [-0.05, 0) is 55.7 Å². The Morgan fingerprint density at radius 1 is 1.21 bits per heavy atom. The molecule has 1 aromatic heterocycles. The first-order valence-electron chi connectivity index (χ1n) is 13.6. The molecule has 42 heavy (non-hydrogen) atoms. The highest BCUT2D eigenvalue weighted by atomic mass is 35.5. The summed E-state index contributed by atoms with van der Waals surface area (Å²) >= 11 is 12.8. The van der Waals surface area contributed by atoms with Crippen molar-refractivity contribution in [2.24, 2.45) is 18.9 Å². The highest BCUT2D eigenvalue weighted by Gasteiger charge is 2.44. The highest BCUT2D eigenvalue weighted by Crippen LogP contribution is 2.42. The van der Waals surface area contributed by atoms with Crippen molar-refractivity contribution in [3.63, 3.8) is 0 Å². The number of aromatic nitrogens is 2. The second-order valence-corrected chi connectivity index (χ2v) is 13.5. The van der Waals surface area contributed by atoms with E-state index in [1.165, 1.54) is 42.2 Å². The topological polar surface area (TPSA) is 126 Å². The van der Waals surface area contributed by atoms with Crippen LogP contribution in [-0.4, -0.2) is 76.5 Å². The molecule has 232 valence electrons. The van der Waals surface area contributed by atoms with Gasteiger partial charge in [0.05, 0.1) is 17.5 Å². The first kappa shape index (κ1) is 31.2. The van der Waals surface area contributed by atoms with E-state index in [1.807, 2.05) is 0 Å². The maximum Gasteiger partial charge on any atom is 0.387 e. The second kappa shape index (κ2) is 12.8. The van der Waals surface area contributed by atoms with E-state index in [0.717, 1.165) is 17.1 Å². The third kappa shape index (κ3) is 6.78. The van der Waals surface area contributed by atoms with Crippen LogP contribution in [0.5, 0.6) is 11.5 Å². The van der Waals surface area contributed by atoms with E-state index in [4.69, 9.17) is 32.7 Å². The number of benzene rings is 1. The third-order valence-corrected chi connectivity index (χ3v) is 10.6. The smallest absolute Gasteiger partial charge is 0.387 e. The molecule has 2 aliphatic heterocycles. The molecule has 1 saturated carbocycles. The molecule has 0 spiro atoms. The summed E-state index contributed by atoms with van der Waals surface area (Å²) in [6, 6.07) is 3.07. The zero-order valence-electron chi connectivity index (χ0n) is 22.7. The van der Waals surface area contributed by atoms with Gasteiger partial charge >= 0.3 is 12.6 Å². The zero-order valence-corrected chi connectivity index (χ0v) is 25.0. The number of alkyl halides is 4. The average molecular weight is 653 g/mol. The number of aryl methyl sites for hydroxylation is 1. The minimum Gasteiger partial charge on any atom is -0.784 e. The molecule has 0 N–H and O–H groups in total. The van der Waals surface area contributed by atoms with Crippen molar-refractivity contribution < 1.29 is 36.2 Å². The Balaban J connectivity index is 1.43. The Kier molecular flexibility index (Phi) is 9.50. The molecule has 2 saturated heterocycles. The summed E-state index contributed by atoms with van der Waals surface area (Å²) in [5.74, 6) is -1.24. The average Bonchev–Trinajstić information content (AvgIpc) is 3.31. The van der Waals surface area contributed by atoms with Crippen molar-refractivity contribution in [2.45, 2.75) is 66.9 Å². The molecule has 0 radical (unpaired) electrons. The minimum absolute atomic E-state index is 0.0166. The highest BCUT2D eigenvalue weighted by molar-refractivity contribution is 7.89. The number of hydrogen-bond acceptors (Lipinski definition) is 9. The molecule has 11 nitrogen and oxygen atoms in total. The van der Waals surface area contributed by atoms with Crippen molar-refractivity contribution >= 4 is 39.2 Å². The normalized spacial score (nSPS) is 26.1. The van der Waals surface area contributed by atoms with Gasteiger partial charge in [0.15, 0.2) is 11.5 Å². The summed E-state index contributed by atoms with van der Waals surface area (Å²) in [6.45, 7) is -2.72. The quantitative estimate of drug-likeness (QED) is 0.188. The monoisotopic (exact) mass is 651 g/mol. The van der Waals surface area contributed by atoms with E-state index in [-0.39, 0.29) is 42.6 Å². The molecule has 5 rings (SSSR count). The molecule has 3 unspecified atom stereocenters. The van der Waals surface area contributed by atoms with Crippen LogP contribution in [0.1, 0.15) is 43.8 Å². The molecule has 3 fully saturated rings. The summed E-state index contributed by atoms with van der Waals surface area (Å²) in [4.78, 5) is 17.6. The molecule has 1 aromatic carbocycles. The summed E-state index contributed by atoms with van der Waals surface area (Å²) in [5.41, 5.74) is -0.628. The number of sulfonamides is 1. The lowest BCUT2D eigenvalue weighted by atomic mass is 9.95. The van der Waals surface area contributed by atoms with Crippen LogP contribution >= 0.6 is 23.2 Å². The van der Waals surface area contributed by atoms with E-state index in [1.54, 1.807) is 0 Å². The van der Waals surface area contributed by atoms with Gasteiger partial charge in [-0.2, -0.15) is 13.1 Å². The van der Waals surface area contributed by atoms with Crippen molar-refractivity contribution in [1.29, 1.82) is 0 Å². The van der Waals surface area contributed by atoms with Crippen molar-refractivity contribution in [1.82, 2.24) is 18.9 Å². The second-order valence-electron chi connectivity index (χ2n) is 10.7. The first-order chi connectivity index (χ1) is 20.0. The van der Waals surface area contributed by atoms with Crippen LogP contribution in [0, 0.1) is 17.0 Å². The predicted molar refractivity (Wildman–Crippen MR) is 148 cm³/mol. The molecule has 2 aromatic rings. The summed E-state index contributed by atoms with van der Waals surface area (Å²) in [5, 5.41) is 12.0. The largest absolute Gasteiger partial charge is 0.784 e. The molecule has 3 aliphatic rings. The van der Waals surface area contributed by atoms with Gasteiger partial charge in [-0.25, -0.2) is 13.4 Å². The van der Waals surface area contributed by atoms with Crippen LogP contribution < -0.4 is 9.47 Å². The van der Waals surface area contributed by atoms with Crippen LogP contribution in [0.25, 0.3) is 0 Å². The minimum atomic E-state index is -4.11. The number of hydroxylamine groups is 2. The van der Waals surface area contributed by atoms with Crippen LogP contribution in [0.2, 0.25) is 0 Å². The fourth-order valence-corrected chi connectivity index (χ4v) is 7.80. The van der Waals surface area contributed by atoms with Gasteiger partial charge in [-0.15, -0.1) is 23.2 Å². The summed E-state index contributed by atoms with van der Waals surface area (Å²) in [7, 11) is -2.58. The molecule has 0 amide bonds. The Hall–Kier alpha value is -2.23. The number of ether oxygens (including phenoxy) is 3. The Morgan fingerprint density at radius 2 is 1.98 bits per heavy atom. The lowest BCUT2D eigenvalue weighted by molar-refractivity contribution is -0.154. The lowest BCUT2D eigenvalue weighted by Gasteiger charge is -2.30. The Labute approximate surface area is 252 Å². The maximum absolute atomic E-state index is 13.6. The number of imidazole rings is 1. The Morgan fingerprint density at radius 3 is 2.60 bits per heavy atom. The Bertz CT molecular complexity index is 1380. The number of esters is 1. The number of carbonyl (C=O) groups is 1. The van der Waals surface area contributed by atoms with Gasteiger partial charge in [0, 0.05) is 38.4 Å². The standard InChI is InChI=1S/C26H31Cl2F2N4O7S/c1-32-10-8-31-26(32)42(37,38)34-9-2-3-19(34)24(35)40-21(12-17-18(27)13-33(36)23(17)28)16-6-7-20(41-25(29)30)22(11-16)39-14-15-4-5-15/h6-8,10-11,15,17-19,21,23,25H,2-5,9,12-14H2,1H3/q-1/t17?,18?,19-,21-,23?/m0/s1. The molecular formula is C26H31Cl2F2N4O7S-.